The van der Waals surface area contributed by atoms with E-state index in [-0.39, 0.29) is 12.5 Å². The van der Waals surface area contributed by atoms with E-state index in [1.165, 1.54) is 0 Å². The summed E-state index contributed by atoms with van der Waals surface area (Å²) in [5, 5.41) is 23.2. The molecule has 1 aromatic heterocycles. The molecule has 3 aliphatic heterocycles. The van der Waals surface area contributed by atoms with Crippen molar-refractivity contribution >= 4 is 35.1 Å². The van der Waals surface area contributed by atoms with Crippen molar-refractivity contribution in [3.05, 3.63) is 81.1 Å². The van der Waals surface area contributed by atoms with Gasteiger partial charge in [-0.15, -0.1) is 5.10 Å². The number of likely N-dealkylation sites (tertiary alicyclic amines) is 1. The molecule has 9 nitrogen and oxygen atoms in total. The minimum Gasteiger partial charge on any atom is -0.481 e. The van der Waals surface area contributed by atoms with Crippen molar-refractivity contribution in [2.75, 3.05) is 6.54 Å². The fourth-order valence-corrected chi connectivity index (χ4v) is 6.37. The summed E-state index contributed by atoms with van der Waals surface area (Å²) in [6.45, 7) is 4.05. The lowest BCUT2D eigenvalue weighted by molar-refractivity contribution is -0.148. The number of para-hydroxylation sites is 1. The van der Waals surface area contributed by atoms with Gasteiger partial charge in [-0.1, -0.05) is 59.6 Å². The molecule has 36 heavy (non-hydrogen) atoms. The molecule has 11 heteroatoms. The van der Waals surface area contributed by atoms with Crippen LogP contribution >= 0.6 is 23.2 Å². The van der Waals surface area contributed by atoms with Crippen LogP contribution in [0.5, 0.6) is 0 Å². The van der Waals surface area contributed by atoms with Gasteiger partial charge >= 0.3 is 5.97 Å². The number of halogens is 2. The Morgan fingerprint density at radius 3 is 2.67 bits per heavy atom. The van der Waals surface area contributed by atoms with Gasteiger partial charge in [0, 0.05) is 15.6 Å². The summed E-state index contributed by atoms with van der Waals surface area (Å²) in [5.74, 6) is -2.87. The summed E-state index contributed by atoms with van der Waals surface area (Å²) in [5.41, 5.74) is 2.22. The van der Waals surface area contributed by atoms with Crippen LogP contribution in [0.4, 0.5) is 0 Å². The van der Waals surface area contributed by atoms with E-state index in [1.807, 2.05) is 38.1 Å². The maximum atomic E-state index is 14.0. The molecule has 2 fully saturated rings. The van der Waals surface area contributed by atoms with E-state index >= 15 is 0 Å². The van der Waals surface area contributed by atoms with Crippen LogP contribution < -0.4 is 0 Å². The third-order valence-electron chi connectivity index (χ3n) is 7.37. The molecule has 1 N–H and O–H groups in total. The summed E-state index contributed by atoms with van der Waals surface area (Å²) in [6, 6.07) is 10.1. The predicted molar refractivity (Wildman–Crippen MR) is 130 cm³/mol. The third kappa shape index (κ3) is 3.23. The van der Waals surface area contributed by atoms with Gasteiger partial charge < -0.3 is 14.7 Å². The topological polar surface area (TPSA) is 110 Å². The van der Waals surface area contributed by atoms with E-state index < -0.39 is 35.6 Å². The highest BCUT2D eigenvalue weighted by molar-refractivity contribution is 6.35. The number of tetrazole rings is 1. The van der Waals surface area contributed by atoms with Crippen LogP contribution in [0.15, 0.2) is 48.6 Å². The summed E-state index contributed by atoms with van der Waals surface area (Å²) >= 11 is 12.8. The molecule has 2 aromatic carbocycles. The second kappa shape index (κ2) is 8.12. The Bertz CT molecular complexity index is 1440. The highest BCUT2D eigenvalue weighted by atomic mass is 35.5. The lowest BCUT2D eigenvalue weighted by atomic mass is 9.77. The van der Waals surface area contributed by atoms with Crippen molar-refractivity contribution in [1.82, 2.24) is 25.1 Å². The van der Waals surface area contributed by atoms with Crippen LogP contribution in [0.1, 0.15) is 28.6 Å². The highest BCUT2D eigenvalue weighted by Gasteiger charge is 2.68. The van der Waals surface area contributed by atoms with Gasteiger partial charge in [0.25, 0.3) is 0 Å². The number of carbonyl (C=O) groups is 2. The number of carbonyl (C=O) groups excluding carboxylic acids is 1. The Balaban J connectivity index is 1.53. The Hall–Kier alpha value is -3.27. The molecule has 3 aromatic rings. The molecular weight excluding hydrogens is 505 g/mol. The Morgan fingerprint density at radius 1 is 1.22 bits per heavy atom. The van der Waals surface area contributed by atoms with Gasteiger partial charge in [-0.25, -0.2) is 0 Å². The van der Waals surface area contributed by atoms with Crippen LogP contribution in [-0.2, 0) is 14.3 Å². The number of carboxylic acid groups (broad SMARTS) is 1. The molecule has 184 valence electrons. The van der Waals surface area contributed by atoms with E-state index in [0.29, 0.717) is 21.4 Å². The number of aryl methyl sites for hydroxylation is 2. The van der Waals surface area contributed by atoms with Crippen molar-refractivity contribution in [3.8, 4) is 5.69 Å². The van der Waals surface area contributed by atoms with Gasteiger partial charge in [-0.05, 0) is 47.5 Å². The van der Waals surface area contributed by atoms with Gasteiger partial charge in [0.2, 0.25) is 5.91 Å². The minimum absolute atomic E-state index is 0.135. The molecule has 6 rings (SSSR count). The Labute approximate surface area is 216 Å². The summed E-state index contributed by atoms with van der Waals surface area (Å²) in [6.07, 6.45) is 2.92. The first-order chi connectivity index (χ1) is 17.2. The van der Waals surface area contributed by atoms with Crippen molar-refractivity contribution in [2.45, 2.75) is 31.6 Å². The number of amides is 1. The largest absolute Gasteiger partial charge is 0.481 e. The quantitative estimate of drug-likeness (QED) is 0.507. The number of carboxylic acids is 1. The van der Waals surface area contributed by atoms with Crippen LogP contribution in [0.2, 0.25) is 10.0 Å². The monoisotopic (exact) mass is 525 g/mol. The predicted octanol–water partition coefficient (Wildman–Crippen LogP) is 3.54. The van der Waals surface area contributed by atoms with E-state index in [0.717, 1.165) is 16.8 Å². The Kier molecular flexibility index (Phi) is 5.22. The van der Waals surface area contributed by atoms with Gasteiger partial charge in [-0.3, -0.25) is 9.59 Å². The van der Waals surface area contributed by atoms with Crippen molar-refractivity contribution in [3.63, 3.8) is 0 Å². The SMILES string of the molecule is Cc1cccc(C)c1-n1nnnc1[C@@H](c1ccc(Cl)cc1Cl)N1C[C@@]23C=C[C@@H](O2)[C@@H](C(=O)O)[C@@H]3C1=O. The number of aromatic nitrogens is 4. The molecule has 2 bridgehead atoms. The number of nitrogens with zero attached hydrogens (tertiary/aromatic N) is 5. The van der Waals surface area contributed by atoms with E-state index in [9.17, 15) is 14.7 Å². The normalized spacial score (nSPS) is 27.1. The summed E-state index contributed by atoms with van der Waals surface area (Å²) < 4.78 is 7.71. The van der Waals surface area contributed by atoms with Crippen LogP contribution in [-0.4, -0.2) is 60.3 Å². The van der Waals surface area contributed by atoms with Gasteiger partial charge in [0.15, 0.2) is 5.82 Å². The van der Waals surface area contributed by atoms with Gasteiger partial charge in [0.1, 0.15) is 17.6 Å². The van der Waals surface area contributed by atoms with Crippen molar-refractivity contribution in [2.24, 2.45) is 11.8 Å². The fraction of sp³-hybridized carbons (Fsp3) is 0.320. The summed E-state index contributed by atoms with van der Waals surface area (Å²) in [7, 11) is 0. The maximum absolute atomic E-state index is 14.0. The summed E-state index contributed by atoms with van der Waals surface area (Å²) in [4.78, 5) is 27.6. The zero-order valence-corrected chi connectivity index (χ0v) is 20.8. The first-order valence-electron chi connectivity index (χ1n) is 11.4. The molecule has 0 saturated carbocycles. The zero-order chi connectivity index (χ0) is 25.4. The Morgan fingerprint density at radius 2 is 1.97 bits per heavy atom. The van der Waals surface area contributed by atoms with E-state index in [2.05, 4.69) is 15.5 Å². The lowest BCUT2D eigenvalue weighted by Gasteiger charge is -2.30. The molecule has 3 aliphatic rings. The van der Waals surface area contributed by atoms with Crippen molar-refractivity contribution < 1.29 is 19.4 Å². The molecule has 1 amide bonds. The molecule has 0 unspecified atom stereocenters. The minimum atomic E-state index is -1.06. The molecular formula is C25H21Cl2N5O4. The fourth-order valence-electron chi connectivity index (χ4n) is 5.86. The number of rotatable bonds is 5. The van der Waals surface area contributed by atoms with E-state index in [1.54, 1.807) is 33.9 Å². The smallest absolute Gasteiger partial charge is 0.310 e. The van der Waals surface area contributed by atoms with Crippen LogP contribution in [0, 0.1) is 25.7 Å². The first kappa shape index (κ1) is 23.1. The average molecular weight is 526 g/mol. The third-order valence-corrected chi connectivity index (χ3v) is 7.94. The standard InChI is InChI=1S/C25H21Cl2N5O4/c1-12-4-3-5-13(2)20(12)32-22(28-29-30-32)21(15-7-6-14(26)10-16(15)27)31-11-25-9-8-17(36-25)18(24(34)35)19(25)23(31)33/h3-10,17-19,21H,11H2,1-2H3,(H,34,35)/t17-,18-,19-,21-,25-/m1/s1. The number of hydrogen-bond donors (Lipinski definition) is 1. The van der Waals surface area contributed by atoms with Crippen LogP contribution in [0.25, 0.3) is 5.69 Å². The second-order valence-corrected chi connectivity index (χ2v) is 10.3. The molecule has 0 aliphatic carbocycles. The molecule has 4 heterocycles. The number of aliphatic carboxylic acids is 1. The van der Waals surface area contributed by atoms with E-state index in [4.69, 9.17) is 27.9 Å². The highest BCUT2D eigenvalue weighted by Crippen LogP contribution is 2.54. The molecule has 1 spiro atoms. The van der Waals surface area contributed by atoms with Gasteiger partial charge in [-0.2, -0.15) is 4.68 Å². The molecule has 5 atom stereocenters. The number of fused-ring (bicyclic) bond motifs is 1. The lowest BCUT2D eigenvalue weighted by Crippen LogP contribution is -2.39. The van der Waals surface area contributed by atoms with Crippen LogP contribution in [0.3, 0.4) is 0 Å². The second-order valence-electron chi connectivity index (χ2n) is 9.46. The molecule has 0 radical (unpaired) electrons. The van der Waals surface area contributed by atoms with Gasteiger partial charge in [0.05, 0.1) is 24.3 Å². The molecule has 2 saturated heterocycles. The first-order valence-corrected chi connectivity index (χ1v) is 12.2. The maximum Gasteiger partial charge on any atom is 0.310 e. The zero-order valence-electron chi connectivity index (χ0n) is 19.3. The number of hydrogen-bond acceptors (Lipinski definition) is 6. The average Bonchev–Trinajstić information content (AvgIpc) is 3.57. The number of benzene rings is 2. The van der Waals surface area contributed by atoms with Crippen molar-refractivity contribution in [1.29, 1.82) is 0 Å². The number of ether oxygens (including phenoxy) is 1.